The van der Waals surface area contributed by atoms with Crippen LogP contribution in [0.3, 0.4) is 0 Å². The van der Waals surface area contributed by atoms with Gasteiger partial charge in [-0.05, 0) is 31.5 Å². The minimum Gasteiger partial charge on any atom is -0.461 e. The van der Waals surface area contributed by atoms with E-state index in [1.54, 1.807) is 18.4 Å². The molecule has 3 rings (SSSR count). The summed E-state index contributed by atoms with van der Waals surface area (Å²) in [4.78, 5) is 21.1. The standard InChI is InChI=1S/C12H10N2O2S/c1-6-7(2)17-12-9(6)11(15)13-10(14-12)8-4-3-5-16-8/h3-5H,1-2H3,(H,13,14,15). The first kappa shape index (κ1) is 10.3. The Labute approximate surface area is 101 Å². The van der Waals surface area contributed by atoms with Crippen LogP contribution in [0.5, 0.6) is 0 Å². The minimum absolute atomic E-state index is 0.108. The molecule has 0 aromatic carbocycles. The van der Waals surface area contributed by atoms with Crippen LogP contribution < -0.4 is 5.56 Å². The summed E-state index contributed by atoms with van der Waals surface area (Å²) in [6, 6.07) is 3.54. The summed E-state index contributed by atoms with van der Waals surface area (Å²) >= 11 is 1.53. The first-order chi connectivity index (χ1) is 8.16. The van der Waals surface area contributed by atoms with Gasteiger partial charge in [0.1, 0.15) is 4.83 Å². The first-order valence-electron chi connectivity index (χ1n) is 5.20. The molecular weight excluding hydrogens is 236 g/mol. The van der Waals surface area contributed by atoms with Crippen molar-refractivity contribution in [2.24, 2.45) is 0 Å². The number of aromatic nitrogens is 2. The van der Waals surface area contributed by atoms with Crippen molar-refractivity contribution in [3.05, 3.63) is 39.2 Å². The summed E-state index contributed by atoms with van der Waals surface area (Å²) in [7, 11) is 0. The van der Waals surface area contributed by atoms with Gasteiger partial charge in [0.05, 0.1) is 11.6 Å². The van der Waals surface area contributed by atoms with Crippen molar-refractivity contribution < 1.29 is 4.42 Å². The maximum atomic E-state index is 12.0. The number of nitrogens with zero attached hydrogens (tertiary/aromatic N) is 1. The summed E-state index contributed by atoms with van der Waals surface area (Å²) in [5, 5.41) is 0.683. The molecule has 0 radical (unpaired) electrons. The highest BCUT2D eigenvalue weighted by Crippen LogP contribution is 2.27. The van der Waals surface area contributed by atoms with Crippen molar-refractivity contribution in [1.29, 1.82) is 0 Å². The van der Waals surface area contributed by atoms with Crippen molar-refractivity contribution in [3.63, 3.8) is 0 Å². The lowest BCUT2D eigenvalue weighted by atomic mass is 10.2. The van der Waals surface area contributed by atoms with E-state index in [2.05, 4.69) is 9.97 Å². The van der Waals surface area contributed by atoms with Crippen LogP contribution in [0.1, 0.15) is 10.4 Å². The van der Waals surface area contributed by atoms with Gasteiger partial charge in [-0.15, -0.1) is 11.3 Å². The fourth-order valence-corrected chi connectivity index (χ4v) is 2.81. The third-order valence-electron chi connectivity index (χ3n) is 2.79. The molecule has 86 valence electrons. The topological polar surface area (TPSA) is 58.9 Å². The molecule has 3 aromatic heterocycles. The smallest absolute Gasteiger partial charge is 0.260 e. The van der Waals surface area contributed by atoms with Crippen LogP contribution in [0.15, 0.2) is 27.6 Å². The van der Waals surface area contributed by atoms with Gasteiger partial charge in [0.15, 0.2) is 11.6 Å². The van der Waals surface area contributed by atoms with Crippen LogP contribution >= 0.6 is 11.3 Å². The average Bonchev–Trinajstić information content (AvgIpc) is 2.88. The van der Waals surface area contributed by atoms with Gasteiger partial charge >= 0.3 is 0 Å². The predicted octanol–water partition coefficient (Wildman–Crippen LogP) is 2.86. The van der Waals surface area contributed by atoms with Gasteiger partial charge in [0, 0.05) is 4.88 Å². The molecular formula is C12H10N2O2S. The Morgan fingerprint density at radius 2 is 2.24 bits per heavy atom. The maximum absolute atomic E-state index is 12.0. The fraction of sp³-hybridized carbons (Fsp3) is 0.167. The number of thiophene rings is 1. The highest BCUT2D eigenvalue weighted by Gasteiger charge is 2.13. The third kappa shape index (κ3) is 1.51. The van der Waals surface area contributed by atoms with Crippen LogP contribution in [-0.2, 0) is 0 Å². The van der Waals surface area contributed by atoms with Crippen molar-refractivity contribution in [2.75, 3.05) is 0 Å². The van der Waals surface area contributed by atoms with Crippen LogP contribution in [0.25, 0.3) is 21.8 Å². The van der Waals surface area contributed by atoms with Gasteiger partial charge in [-0.25, -0.2) is 4.98 Å². The van der Waals surface area contributed by atoms with Crippen LogP contribution in [0.2, 0.25) is 0 Å². The second-order valence-electron chi connectivity index (χ2n) is 3.86. The number of aromatic amines is 1. The molecule has 0 aliphatic rings. The lowest BCUT2D eigenvalue weighted by Crippen LogP contribution is -2.08. The summed E-state index contributed by atoms with van der Waals surface area (Å²) in [6.07, 6.45) is 1.56. The zero-order valence-corrected chi connectivity index (χ0v) is 10.2. The number of fused-ring (bicyclic) bond motifs is 1. The minimum atomic E-state index is -0.108. The Morgan fingerprint density at radius 1 is 1.41 bits per heavy atom. The molecule has 4 nitrogen and oxygen atoms in total. The van der Waals surface area contributed by atoms with E-state index in [-0.39, 0.29) is 5.56 Å². The van der Waals surface area contributed by atoms with Crippen molar-refractivity contribution in [3.8, 4) is 11.6 Å². The van der Waals surface area contributed by atoms with Crippen LogP contribution in [0, 0.1) is 13.8 Å². The lowest BCUT2D eigenvalue weighted by molar-refractivity contribution is 0.577. The summed E-state index contributed by atoms with van der Waals surface area (Å²) < 4.78 is 5.23. The Hall–Kier alpha value is -1.88. The molecule has 17 heavy (non-hydrogen) atoms. The fourth-order valence-electron chi connectivity index (χ4n) is 1.78. The van der Waals surface area contributed by atoms with Gasteiger partial charge < -0.3 is 9.40 Å². The monoisotopic (exact) mass is 246 g/mol. The third-order valence-corrected chi connectivity index (χ3v) is 3.89. The molecule has 0 fully saturated rings. The number of nitrogens with one attached hydrogen (secondary N) is 1. The van der Waals surface area contributed by atoms with E-state index < -0.39 is 0 Å². The predicted molar refractivity (Wildman–Crippen MR) is 67.4 cm³/mol. The number of hydrogen-bond acceptors (Lipinski definition) is 4. The second-order valence-corrected chi connectivity index (χ2v) is 5.06. The molecule has 0 aliphatic carbocycles. The number of furan rings is 1. The molecule has 3 heterocycles. The molecule has 0 aliphatic heterocycles. The van der Waals surface area contributed by atoms with Gasteiger partial charge in [-0.1, -0.05) is 0 Å². The van der Waals surface area contributed by atoms with E-state index in [1.807, 2.05) is 13.8 Å². The van der Waals surface area contributed by atoms with E-state index in [0.29, 0.717) is 17.0 Å². The van der Waals surface area contributed by atoms with Crippen molar-refractivity contribution in [2.45, 2.75) is 13.8 Å². The molecule has 1 N–H and O–H groups in total. The zero-order valence-electron chi connectivity index (χ0n) is 9.40. The molecule has 0 saturated carbocycles. The number of hydrogen-bond donors (Lipinski definition) is 1. The largest absolute Gasteiger partial charge is 0.461 e. The van der Waals surface area contributed by atoms with Gasteiger partial charge in [0.25, 0.3) is 5.56 Å². The number of aryl methyl sites for hydroxylation is 2. The first-order valence-corrected chi connectivity index (χ1v) is 6.02. The van der Waals surface area contributed by atoms with Gasteiger partial charge in [-0.2, -0.15) is 0 Å². The molecule has 0 atom stereocenters. The molecule has 5 heteroatoms. The highest BCUT2D eigenvalue weighted by atomic mass is 32.1. The Kier molecular flexibility index (Phi) is 2.16. The number of rotatable bonds is 1. The number of H-pyrrole nitrogens is 1. The van der Waals surface area contributed by atoms with E-state index in [0.717, 1.165) is 15.3 Å². The highest BCUT2D eigenvalue weighted by molar-refractivity contribution is 7.18. The van der Waals surface area contributed by atoms with Gasteiger partial charge in [-0.3, -0.25) is 4.79 Å². The maximum Gasteiger partial charge on any atom is 0.260 e. The van der Waals surface area contributed by atoms with Crippen LogP contribution in [0.4, 0.5) is 0 Å². The lowest BCUT2D eigenvalue weighted by Gasteiger charge is -1.96. The van der Waals surface area contributed by atoms with Gasteiger partial charge in [0.2, 0.25) is 0 Å². The van der Waals surface area contributed by atoms with E-state index in [4.69, 9.17) is 4.42 Å². The summed E-state index contributed by atoms with van der Waals surface area (Å²) in [5.74, 6) is 1.06. The normalized spacial score (nSPS) is 11.2. The Morgan fingerprint density at radius 3 is 2.94 bits per heavy atom. The molecule has 0 saturated heterocycles. The SMILES string of the molecule is Cc1sc2nc(-c3ccco3)[nH]c(=O)c2c1C. The molecule has 3 aromatic rings. The Balaban J connectivity index is 2.36. The molecule has 0 amide bonds. The van der Waals surface area contributed by atoms with Crippen molar-refractivity contribution in [1.82, 2.24) is 9.97 Å². The van der Waals surface area contributed by atoms with E-state index in [1.165, 1.54) is 11.3 Å². The van der Waals surface area contributed by atoms with Crippen LogP contribution in [-0.4, -0.2) is 9.97 Å². The van der Waals surface area contributed by atoms with E-state index in [9.17, 15) is 4.79 Å². The second kappa shape index (κ2) is 3.56. The van der Waals surface area contributed by atoms with Crippen molar-refractivity contribution >= 4 is 21.6 Å². The summed E-state index contributed by atoms with van der Waals surface area (Å²) in [6.45, 7) is 3.94. The Bertz CT molecular complexity index is 738. The van der Waals surface area contributed by atoms with E-state index >= 15 is 0 Å². The average molecular weight is 246 g/mol. The molecule has 0 unspecified atom stereocenters. The summed E-state index contributed by atoms with van der Waals surface area (Å²) in [5.41, 5.74) is 0.896. The zero-order chi connectivity index (χ0) is 12.0. The molecule has 0 bridgehead atoms. The molecule has 0 spiro atoms. The quantitative estimate of drug-likeness (QED) is 0.718.